The van der Waals surface area contributed by atoms with Gasteiger partial charge in [-0.15, -0.1) is 0 Å². The summed E-state index contributed by atoms with van der Waals surface area (Å²) in [5.74, 6) is -1.19. The zero-order valence-electron chi connectivity index (χ0n) is 27.8. The lowest BCUT2D eigenvalue weighted by atomic mass is 9.99. The Hall–Kier alpha value is -2.90. The number of hydrogen-bond acceptors (Lipinski definition) is 9. The van der Waals surface area contributed by atoms with E-state index in [9.17, 15) is 24.9 Å². The largest absolute Gasteiger partial charge is 0.383 e. The Labute approximate surface area is 276 Å². The van der Waals surface area contributed by atoms with Crippen molar-refractivity contribution in [3.63, 3.8) is 0 Å². The van der Waals surface area contributed by atoms with Crippen LogP contribution in [-0.4, -0.2) is 75.2 Å². The number of nitrogens with one attached hydrogen (secondary N) is 3. The first-order valence-electron chi connectivity index (χ1n) is 15.8. The van der Waals surface area contributed by atoms with Crippen LogP contribution in [-0.2, 0) is 9.59 Å². The van der Waals surface area contributed by atoms with Crippen molar-refractivity contribution in [2.45, 2.75) is 111 Å². The zero-order chi connectivity index (χ0) is 34.4. The molecule has 10 N–H and O–H groups in total. The highest BCUT2D eigenvalue weighted by Crippen LogP contribution is 2.13. The van der Waals surface area contributed by atoms with E-state index in [-0.39, 0.29) is 44.4 Å². The molecule has 0 spiro atoms. The SMILES string of the molecule is C.CC(N)c1ccccc1.CCCC(C)C(O)C(=O)NCC(O)NC(C)c1ccccc1.CCCC(C)C(O)C(=O)NCC(O)O. The lowest BCUT2D eigenvalue weighted by Crippen LogP contribution is -2.46. The molecule has 7 unspecified atom stereocenters. The number of aliphatic hydroxyl groups excluding tert-OH is 4. The van der Waals surface area contributed by atoms with Crippen LogP contribution in [0.3, 0.4) is 0 Å². The number of carbonyl (C=O) groups is 2. The maximum absolute atomic E-state index is 11.8. The number of nitrogens with two attached hydrogens (primary N) is 1. The van der Waals surface area contributed by atoms with Crippen molar-refractivity contribution in [3.05, 3.63) is 71.8 Å². The minimum absolute atomic E-state index is 0. The molecule has 0 saturated heterocycles. The number of amides is 2. The van der Waals surface area contributed by atoms with Gasteiger partial charge in [0, 0.05) is 12.1 Å². The monoisotopic (exact) mass is 650 g/mol. The van der Waals surface area contributed by atoms with Gasteiger partial charge in [0.2, 0.25) is 11.8 Å². The second-order valence-electron chi connectivity index (χ2n) is 11.4. The smallest absolute Gasteiger partial charge is 0.249 e. The number of carbonyl (C=O) groups excluding carboxylic acids is 2. The molecule has 0 bridgehead atoms. The van der Waals surface area contributed by atoms with Crippen LogP contribution in [0, 0.1) is 11.8 Å². The number of benzene rings is 2. The van der Waals surface area contributed by atoms with Crippen LogP contribution in [0.25, 0.3) is 0 Å². The molecule has 0 aliphatic heterocycles. The Bertz CT molecular complexity index is 1030. The molecule has 0 aliphatic carbocycles. The molecule has 46 heavy (non-hydrogen) atoms. The Morgan fingerprint density at radius 2 is 1.07 bits per heavy atom. The normalized spacial score (nSPS) is 15.2. The van der Waals surface area contributed by atoms with Crippen molar-refractivity contribution in [1.29, 1.82) is 0 Å². The molecule has 0 radical (unpaired) electrons. The van der Waals surface area contributed by atoms with E-state index >= 15 is 0 Å². The third-order valence-corrected chi connectivity index (χ3v) is 7.10. The van der Waals surface area contributed by atoms with Crippen LogP contribution in [0.4, 0.5) is 0 Å². The number of hydrogen-bond donors (Lipinski definition) is 9. The summed E-state index contributed by atoms with van der Waals surface area (Å²) >= 11 is 0. The van der Waals surface area contributed by atoms with Gasteiger partial charge in [0.1, 0.15) is 18.4 Å². The minimum atomic E-state index is -1.58. The Morgan fingerprint density at radius 3 is 1.41 bits per heavy atom. The summed E-state index contributed by atoms with van der Waals surface area (Å²) in [6.45, 7) is 11.3. The van der Waals surface area contributed by atoms with Gasteiger partial charge in [-0.1, -0.05) is 109 Å². The summed E-state index contributed by atoms with van der Waals surface area (Å²) in [5.41, 5.74) is 7.87. The highest BCUT2D eigenvalue weighted by molar-refractivity contribution is 5.81. The van der Waals surface area contributed by atoms with Gasteiger partial charge in [0.25, 0.3) is 0 Å². The third-order valence-electron chi connectivity index (χ3n) is 7.10. The molecule has 2 aromatic rings. The van der Waals surface area contributed by atoms with E-state index in [1.54, 1.807) is 6.92 Å². The fraction of sp³-hybridized carbons (Fsp3) is 0.600. The molecular weight excluding hydrogens is 588 g/mol. The number of aliphatic hydroxyl groups is 5. The fourth-order valence-electron chi connectivity index (χ4n) is 4.28. The summed E-state index contributed by atoms with van der Waals surface area (Å²) in [7, 11) is 0. The van der Waals surface area contributed by atoms with E-state index in [0.29, 0.717) is 0 Å². The van der Waals surface area contributed by atoms with Gasteiger partial charge in [-0.25, -0.2) is 0 Å². The summed E-state index contributed by atoms with van der Waals surface area (Å²) < 4.78 is 0. The second-order valence-corrected chi connectivity index (χ2v) is 11.4. The first kappa shape index (κ1) is 45.2. The molecule has 264 valence electrons. The van der Waals surface area contributed by atoms with E-state index in [0.717, 1.165) is 31.2 Å². The van der Waals surface area contributed by atoms with Crippen molar-refractivity contribution in [2.24, 2.45) is 17.6 Å². The van der Waals surface area contributed by atoms with Crippen molar-refractivity contribution in [3.8, 4) is 0 Å². The Morgan fingerprint density at radius 1 is 0.674 bits per heavy atom. The summed E-state index contributed by atoms with van der Waals surface area (Å²) in [6, 6.07) is 19.9. The van der Waals surface area contributed by atoms with Crippen LogP contribution in [0.15, 0.2) is 60.7 Å². The highest BCUT2D eigenvalue weighted by atomic mass is 16.5. The molecule has 2 aromatic carbocycles. The lowest BCUT2D eigenvalue weighted by Gasteiger charge is -2.22. The predicted molar refractivity (Wildman–Crippen MR) is 184 cm³/mol. The molecule has 0 fully saturated rings. The topological polar surface area (TPSA) is 197 Å². The minimum Gasteiger partial charge on any atom is -0.383 e. The van der Waals surface area contributed by atoms with Gasteiger partial charge in [-0.05, 0) is 49.7 Å². The van der Waals surface area contributed by atoms with Crippen molar-refractivity contribution in [2.75, 3.05) is 13.1 Å². The van der Waals surface area contributed by atoms with Gasteiger partial charge in [-0.2, -0.15) is 0 Å². The van der Waals surface area contributed by atoms with Gasteiger partial charge in [0.15, 0.2) is 6.29 Å². The second kappa shape index (κ2) is 26.2. The maximum atomic E-state index is 11.8. The highest BCUT2D eigenvalue weighted by Gasteiger charge is 2.23. The van der Waals surface area contributed by atoms with Gasteiger partial charge in [0.05, 0.1) is 13.1 Å². The summed E-state index contributed by atoms with van der Waals surface area (Å²) in [4.78, 5) is 23.0. The van der Waals surface area contributed by atoms with Gasteiger partial charge < -0.3 is 41.9 Å². The Balaban J connectivity index is 0. The van der Waals surface area contributed by atoms with Crippen molar-refractivity contribution < 1.29 is 35.1 Å². The lowest BCUT2D eigenvalue weighted by molar-refractivity contribution is -0.134. The first-order valence-corrected chi connectivity index (χ1v) is 15.8. The average Bonchev–Trinajstić information content (AvgIpc) is 3.03. The standard InChI is InChI=1S/C17H28N2O3.C9H19NO4.C8H11N.CH4/c1-4-8-12(2)16(21)17(22)18-11-15(20)19-13(3)14-9-6-5-7-10-14;1-3-4-6(2)8(13)9(14)10-5-7(11)12;1-7(9)8-5-3-2-4-6-8;/h5-7,9-10,12-13,15-16,19-21H,4,8,11H2,1-3H3,(H,18,22);6-8,11-13H,3-5H2,1-2H3,(H,10,14);2-7H,9H2,1H3;1H4. The Kier molecular flexibility index (Phi) is 25.8. The third kappa shape index (κ3) is 20.3. The van der Waals surface area contributed by atoms with E-state index in [1.807, 2.05) is 95.3 Å². The zero-order valence-corrected chi connectivity index (χ0v) is 27.8. The molecule has 0 saturated carbocycles. The summed E-state index contributed by atoms with van der Waals surface area (Å²) in [5, 5.41) is 54.1. The van der Waals surface area contributed by atoms with Crippen LogP contribution >= 0.6 is 0 Å². The average molecular weight is 651 g/mol. The molecule has 0 aromatic heterocycles. The molecule has 7 atom stereocenters. The van der Waals surface area contributed by atoms with Crippen LogP contribution in [0.2, 0.25) is 0 Å². The van der Waals surface area contributed by atoms with E-state index in [1.165, 1.54) is 5.56 Å². The fourth-order valence-corrected chi connectivity index (χ4v) is 4.28. The van der Waals surface area contributed by atoms with Crippen LogP contribution in [0.1, 0.15) is 97.9 Å². The van der Waals surface area contributed by atoms with E-state index in [4.69, 9.17) is 15.9 Å². The van der Waals surface area contributed by atoms with Crippen molar-refractivity contribution >= 4 is 11.8 Å². The van der Waals surface area contributed by atoms with Gasteiger partial charge >= 0.3 is 0 Å². The van der Waals surface area contributed by atoms with E-state index < -0.39 is 36.5 Å². The predicted octanol–water partition coefficient (Wildman–Crippen LogP) is 3.12. The first-order chi connectivity index (χ1) is 21.2. The number of rotatable bonds is 16. The molecule has 0 heterocycles. The van der Waals surface area contributed by atoms with Gasteiger partial charge in [-0.3, -0.25) is 14.9 Å². The summed E-state index contributed by atoms with van der Waals surface area (Å²) in [6.07, 6.45) is -1.18. The molecule has 2 amide bonds. The molecule has 11 heteroatoms. The quantitative estimate of drug-likeness (QED) is 0.123. The molecule has 11 nitrogen and oxygen atoms in total. The molecular formula is C35H62N4O7. The van der Waals surface area contributed by atoms with Crippen LogP contribution < -0.4 is 21.7 Å². The maximum Gasteiger partial charge on any atom is 0.249 e. The van der Waals surface area contributed by atoms with Crippen LogP contribution in [0.5, 0.6) is 0 Å². The van der Waals surface area contributed by atoms with E-state index in [2.05, 4.69) is 16.0 Å². The molecule has 0 aliphatic rings. The van der Waals surface area contributed by atoms with Crippen molar-refractivity contribution in [1.82, 2.24) is 16.0 Å². The molecule has 2 rings (SSSR count).